The highest BCUT2D eigenvalue weighted by Crippen LogP contribution is 2.28. The summed E-state index contributed by atoms with van der Waals surface area (Å²) in [6.07, 6.45) is 0. The van der Waals surface area contributed by atoms with Gasteiger partial charge in [0.25, 0.3) is 15.9 Å². The standard InChI is InChI=1S/C27H20BrClN2O5S/c1-36-18-11-13-19(14-12-18)37(34,35)31-25-9-5-3-7-21(25)27(33)30-24-15-10-17(28)16-22(24)26(32)20-6-2-4-8-23(20)29/h2-16,31H,1H3,(H,30,33). The average molecular weight is 600 g/mol. The molecule has 2 N–H and O–H groups in total. The van der Waals surface area contributed by atoms with Crippen LogP contribution in [0.2, 0.25) is 5.02 Å². The lowest BCUT2D eigenvalue weighted by Gasteiger charge is -2.15. The van der Waals surface area contributed by atoms with E-state index < -0.39 is 15.9 Å². The predicted octanol–water partition coefficient (Wildman–Crippen LogP) is 6.40. The van der Waals surface area contributed by atoms with E-state index in [9.17, 15) is 18.0 Å². The Kier molecular flexibility index (Phi) is 7.97. The minimum atomic E-state index is -4.00. The van der Waals surface area contributed by atoms with Crippen LogP contribution in [0.5, 0.6) is 5.75 Å². The van der Waals surface area contributed by atoms with Crippen LogP contribution in [0.25, 0.3) is 0 Å². The van der Waals surface area contributed by atoms with Crippen molar-refractivity contribution < 1.29 is 22.7 Å². The number of carbonyl (C=O) groups is 2. The van der Waals surface area contributed by atoms with Crippen molar-refractivity contribution in [3.8, 4) is 5.75 Å². The van der Waals surface area contributed by atoms with Gasteiger partial charge in [-0.3, -0.25) is 14.3 Å². The van der Waals surface area contributed by atoms with E-state index in [1.165, 1.54) is 43.5 Å². The normalized spacial score (nSPS) is 11.0. The molecule has 0 bridgehead atoms. The summed E-state index contributed by atoms with van der Waals surface area (Å²) in [4.78, 5) is 26.6. The van der Waals surface area contributed by atoms with E-state index in [0.29, 0.717) is 10.2 Å². The monoisotopic (exact) mass is 598 g/mol. The van der Waals surface area contributed by atoms with Crippen molar-refractivity contribution in [1.29, 1.82) is 0 Å². The smallest absolute Gasteiger partial charge is 0.261 e. The topological polar surface area (TPSA) is 102 Å². The first-order chi connectivity index (χ1) is 17.7. The molecule has 4 rings (SSSR count). The maximum atomic E-state index is 13.3. The van der Waals surface area contributed by atoms with E-state index in [0.717, 1.165) is 0 Å². The van der Waals surface area contributed by atoms with Crippen molar-refractivity contribution in [1.82, 2.24) is 0 Å². The molecule has 0 heterocycles. The number of nitrogens with one attached hydrogen (secondary N) is 2. The van der Waals surface area contributed by atoms with Crippen LogP contribution in [0.3, 0.4) is 0 Å². The highest BCUT2D eigenvalue weighted by Gasteiger charge is 2.22. The zero-order valence-electron chi connectivity index (χ0n) is 19.4. The zero-order chi connectivity index (χ0) is 26.6. The SMILES string of the molecule is COc1ccc(S(=O)(=O)Nc2ccccc2C(=O)Nc2ccc(Br)cc2C(=O)c2ccccc2Cl)cc1. The fourth-order valence-corrected chi connectivity index (χ4v) is 5.18. The molecule has 0 saturated carbocycles. The summed E-state index contributed by atoms with van der Waals surface area (Å²) in [6, 6.07) is 23.5. The third-order valence-electron chi connectivity index (χ3n) is 5.38. The lowest BCUT2D eigenvalue weighted by atomic mass is 10.0. The number of amides is 1. The molecule has 4 aromatic carbocycles. The lowest BCUT2D eigenvalue weighted by molar-refractivity contribution is 0.102. The molecular formula is C27H20BrClN2O5S. The number of methoxy groups -OCH3 is 1. The maximum Gasteiger partial charge on any atom is 0.261 e. The van der Waals surface area contributed by atoms with Crippen LogP contribution < -0.4 is 14.8 Å². The van der Waals surface area contributed by atoms with Gasteiger partial charge in [0.15, 0.2) is 5.78 Å². The van der Waals surface area contributed by atoms with Gasteiger partial charge in [0.2, 0.25) is 0 Å². The van der Waals surface area contributed by atoms with Gasteiger partial charge in [0, 0.05) is 15.6 Å². The number of sulfonamides is 1. The molecule has 0 fully saturated rings. The predicted molar refractivity (Wildman–Crippen MR) is 147 cm³/mol. The largest absolute Gasteiger partial charge is 0.497 e. The number of ether oxygens (including phenoxy) is 1. The molecule has 0 aliphatic carbocycles. The summed E-state index contributed by atoms with van der Waals surface area (Å²) < 4.78 is 34.1. The van der Waals surface area contributed by atoms with Gasteiger partial charge in [-0.15, -0.1) is 0 Å². The molecule has 0 radical (unpaired) electrons. The summed E-state index contributed by atoms with van der Waals surface area (Å²) in [7, 11) is -2.51. The first-order valence-corrected chi connectivity index (χ1v) is 13.5. The fourth-order valence-electron chi connectivity index (χ4n) is 3.52. The van der Waals surface area contributed by atoms with E-state index in [-0.39, 0.29) is 43.8 Å². The average Bonchev–Trinajstić information content (AvgIpc) is 2.89. The fraction of sp³-hybridized carbons (Fsp3) is 0.0370. The third-order valence-corrected chi connectivity index (χ3v) is 7.58. The van der Waals surface area contributed by atoms with Crippen molar-refractivity contribution in [2.24, 2.45) is 0 Å². The van der Waals surface area contributed by atoms with Crippen LogP contribution in [0.4, 0.5) is 11.4 Å². The Bertz CT molecular complexity index is 1590. The minimum absolute atomic E-state index is 0.00374. The molecule has 0 saturated heterocycles. The van der Waals surface area contributed by atoms with Gasteiger partial charge >= 0.3 is 0 Å². The van der Waals surface area contributed by atoms with Crippen molar-refractivity contribution in [3.05, 3.63) is 117 Å². The molecule has 0 aliphatic heterocycles. The zero-order valence-corrected chi connectivity index (χ0v) is 22.5. The molecule has 37 heavy (non-hydrogen) atoms. The van der Waals surface area contributed by atoms with Crippen LogP contribution >= 0.6 is 27.5 Å². The van der Waals surface area contributed by atoms with Crippen molar-refractivity contribution in [2.45, 2.75) is 4.90 Å². The molecular weight excluding hydrogens is 580 g/mol. The van der Waals surface area contributed by atoms with Gasteiger partial charge in [0.1, 0.15) is 5.75 Å². The Labute approximate surface area is 227 Å². The summed E-state index contributed by atoms with van der Waals surface area (Å²) in [6.45, 7) is 0. The summed E-state index contributed by atoms with van der Waals surface area (Å²) >= 11 is 9.58. The minimum Gasteiger partial charge on any atom is -0.497 e. The first kappa shape index (κ1) is 26.4. The molecule has 10 heteroatoms. The molecule has 188 valence electrons. The van der Waals surface area contributed by atoms with Gasteiger partial charge < -0.3 is 10.1 Å². The lowest BCUT2D eigenvalue weighted by Crippen LogP contribution is -2.19. The van der Waals surface area contributed by atoms with Crippen LogP contribution in [-0.2, 0) is 10.0 Å². The van der Waals surface area contributed by atoms with Gasteiger partial charge in [0.05, 0.1) is 34.0 Å². The second kappa shape index (κ2) is 11.2. The number of carbonyl (C=O) groups excluding carboxylic acids is 2. The molecule has 1 amide bonds. The van der Waals surface area contributed by atoms with Crippen LogP contribution in [0.1, 0.15) is 26.3 Å². The quantitative estimate of drug-likeness (QED) is 0.228. The molecule has 0 aliphatic rings. The van der Waals surface area contributed by atoms with E-state index in [2.05, 4.69) is 26.0 Å². The van der Waals surface area contributed by atoms with Crippen LogP contribution in [0.15, 0.2) is 100 Å². The van der Waals surface area contributed by atoms with Gasteiger partial charge in [-0.1, -0.05) is 51.8 Å². The van der Waals surface area contributed by atoms with Crippen molar-refractivity contribution in [3.63, 3.8) is 0 Å². The number of ketones is 1. The highest BCUT2D eigenvalue weighted by atomic mass is 79.9. The summed E-state index contributed by atoms with van der Waals surface area (Å²) in [5, 5.41) is 3.01. The van der Waals surface area contributed by atoms with Crippen molar-refractivity contribution >= 4 is 60.6 Å². The number of hydrogen-bond acceptors (Lipinski definition) is 5. The Hall–Kier alpha value is -3.66. The molecule has 0 spiro atoms. The Morgan fingerprint density at radius 2 is 1.46 bits per heavy atom. The first-order valence-electron chi connectivity index (χ1n) is 10.9. The molecule has 0 unspecified atom stereocenters. The second-order valence-corrected chi connectivity index (χ2v) is 10.8. The molecule has 0 aromatic heterocycles. The Balaban J connectivity index is 1.64. The third kappa shape index (κ3) is 6.02. The summed E-state index contributed by atoms with van der Waals surface area (Å²) in [5.41, 5.74) is 0.883. The highest BCUT2D eigenvalue weighted by molar-refractivity contribution is 9.10. The van der Waals surface area contributed by atoms with E-state index in [1.54, 1.807) is 54.6 Å². The second-order valence-electron chi connectivity index (χ2n) is 7.78. The van der Waals surface area contributed by atoms with Crippen LogP contribution in [-0.4, -0.2) is 27.2 Å². The Morgan fingerprint density at radius 3 is 2.14 bits per heavy atom. The molecule has 4 aromatic rings. The van der Waals surface area contributed by atoms with Gasteiger partial charge in [-0.25, -0.2) is 8.42 Å². The van der Waals surface area contributed by atoms with Crippen LogP contribution in [0, 0.1) is 0 Å². The number of anilines is 2. The number of rotatable bonds is 8. The molecule has 7 nitrogen and oxygen atoms in total. The Morgan fingerprint density at radius 1 is 0.811 bits per heavy atom. The number of benzene rings is 4. The van der Waals surface area contributed by atoms with Gasteiger partial charge in [-0.2, -0.15) is 0 Å². The van der Waals surface area contributed by atoms with E-state index >= 15 is 0 Å². The number of para-hydroxylation sites is 1. The van der Waals surface area contributed by atoms with E-state index in [4.69, 9.17) is 16.3 Å². The number of hydrogen-bond donors (Lipinski definition) is 2. The summed E-state index contributed by atoms with van der Waals surface area (Å²) in [5.74, 6) is -0.477. The maximum absolute atomic E-state index is 13.3. The molecule has 0 atom stereocenters. The number of halogens is 2. The van der Waals surface area contributed by atoms with E-state index in [1.807, 2.05) is 0 Å². The van der Waals surface area contributed by atoms with Crippen molar-refractivity contribution in [2.75, 3.05) is 17.1 Å². The van der Waals surface area contributed by atoms with Gasteiger partial charge in [-0.05, 0) is 66.7 Å².